The maximum atomic E-state index is 14.9. The van der Waals surface area contributed by atoms with Crippen LogP contribution in [0, 0.1) is 23.0 Å². The Balaban J connectivity index is 1.34. The molecule has 6 rings (SSSR count). The number of anilines is 1. The summed E-state index contributed by atoms with van der Waals surface area (Å²) in [4.78, 5) is 48.0. The molecule has 278 valence electrons. The first kappa shape index (κ1) is 35.9. The molecule has 2 aliphatic carbocycles. The van der Waals surface area contributed by atoms with Crippen LogP contribution in [0.25, 0.3) is 10.8 Å². The van der Waals surface area contributed by atoms with Gasteiger partial charge in [0, 0.05) is 29.5 Å². The molecule has 3 N–H and O–H groups in total. The van der Waals surface area contributed by atoms with Crippen molar-refractivity contribution >= 4 is 55.8 Å². The monoisotopic (exact) mass is 760 g/mol. The molecule has 16 heteroatoms. The molecule has 3 aliphatic rings. The van der Waals surface area contributed by atoms with Gasteiger partial charge in [0.15, 0.2) is 11.6 Å². The van der Waals surface area contributed by atoms with Crippen LogP contribution in [-0.2, 0) is 24.4 Å². The Labute approximate surface area is 306 Å². The molecule has 1 saturated heterocycles. The molecule has 52 heavy (non-hydrogen) atoms. The number of halogens is 3. The van der Waals surface area contributed by atoms with E-state index in [-0.39, 0.29) is 37.9 Å². The van der Waals surface area contributed by atoms with Crippen molar-refractivity contribution in [3.05, 3.63) is 71.9 Å². The highest BCUT2D eigenvalue weighted by molar-refractivity contribution is 7.91. The molecule has 0 bridgehead atoms. The van der Waals surface area contributed by atoms with E-state index in [1.165, 1.54) is 36.4 Å². The Morgan fingerprint density at radius 1 is 1.21 bits per heavy atom. The van der Waals surface area contributed by atoms with Gasteiger partial charge in [-0.1, -0.05) is 44.5 Å². The molecular weight excluding hydrogens is 720 g/mol. The number of hydrogen-bond acceptors (Lipinski definition) is 9. The maximum absolute atomic E-state index is 14.9. The Morgan fingerprint density at radius 3 is 2.62 bits per heavy atom. The minimum Gasteiger partial charge on any atom is -0.494 e. The number of amides is 3. The number of aromatic nitrogens is 1. The zero-order valence-corrected chi connectivity index (χ0v) is 30.3. The number of likely N-dealkylation sites (tertiary alicyclic amines) is 1. The third-order valence-electron chi connectivity index (χ3n) is 9.65. The van der Waals surface area contributed by atoms with E-state index < -0.39 is 79.7 Å². The summed E-state index contributed by atoms with van der Waals surface area (Å²) >= 11 is 6.31. The van der Waals surface area contributed by atoms with Gasteiger partial charge in [-0.05, 0) is 55.0 Å². The van der Waals surface area contributed by atoms with Crippen LogP contribution in [0.5, 0.6) is 11.6 Å². The number of nitrogens with zero attached hydrogens (tertiary/aromatic N) is 2. The number of carbonyl (C=O) groups excluding carboxylic acids is 3. The number of sulfonamides is 1. The highest BCUT2D eigenvalue weighted by Crippen LogP contribution is 2.46. The SMILES string of the molecule is [2H]CC(C)(C)[C@H](Nc1cccc(F)c1F)C(=O)N1C[C@H](Oc2ncc(OC)c3ccc(Cl)cc23)C[C@H]1C(=O)N[C@]1(C(=O)NS(=O)(=O)C2CC2)C[C@H]1C=C. The molecule has 3 aromatic rings. The number of hydrogen-bond donors (Lipinski definition) is 3. The molecule has 1 aliphatic heterocycles. The zero-order chi connectivity index (χ0) is 38.5. The van der Waals surface area contributed by atoms with Gasteiger partial charge < -0.3 is 25.0 Å². The summed E-state index contributed by atoms with van der Waals surface area (Å²) in [6, 6.07) is 5.85. The van der Waals surface area contributed by atoms with E-state index in [4.69, 9.17) is 22.4 Å². The van der Waals surface area contributed by atoms with Gasteiger partial charge in [0.05, 0.1) is 30.8 Å². The second-order valence-electron chi connectivity index (χ2n) is 14.2. The Morgan fingerprint density at radius 2 is 1.96 bits per heavy atom. The van der Waals surface area contributed by atoms with Crippen LogP contribution >= 0.6 is 11.6 Å². The van der Waals surface area contributed by atoms with E-state index in [0.717, 1.165) is 6.07 Å². The van der Waals surface area contributed by atoms with Gasteiger partial charge in [-0.2, -0.15) is 0 Å². The van der Waals surface area contributed by atoms with Crippen molar-refractivity contribution in [2.75, 3.05) is 19.0 Å². The van der Waals surface area contributed by atoms with Crippen molar-refractivity contribution in [3.63, 3.8) is 0 Å². The lowest BCUT2D eigenvalue weighted by atomic mass is 9.85. The van der Waals surface area contributed by atoms with Gasteiger partial charge in [0.25, 0.3) is 5.91 Å². The van der Waals surface area contributed by atoms with Crippen LogP contribution in [0.3, 0.4) is 0 Å². The van der Waals surface area contributed by atoms with Crippen LogP contribution in [-0.4, -0.2) is 78.7 Å². The molecule has 2 aromatic carbocycles. The number of carbonyl (C=O) groups is 3. The lowest BCUT2D eigenvalue weighted by molar-refractivity contribution is -0.141. The number of methoxy groups -OCH3 is 1. The van der Waals surface area contributed by atoms with Crippen LogP contribution in [0.2, 0.25) is 5.02 Å². The van der Waals surface area contributed by atoms with Crippen molar-refractivity contribution in [1.29, 1.82) is 0 Å². The number of benzene rings is 2. The lowest BCUT2D eigenvalue weighted by Gasteiger charge is -2.36. The predicted octanol–water partition coefficient (Wildman–Crippen LogP) is 4.72. The average molecular weight is 761 g/mol. The van der Waals surface area contributed by atoms with Gasteiger partial charge in [-0.15, -0.1) is 6.58 Å². The maximum Gasteiger partial charge on any atom is 0.259 e. The first-order valence-corrected chi connectivity index (χ1v) is 18.6. The second-order valence-corrected chi connectivity index (χ2v) is 16.6. The topological polar surface area (TPSA) is 156 Å². The summed E-state index contributed by atoms with van der Waals surface area (Å²) < 4.78 is 76.6. The Bertz CT molecular complexity index is 2090. The highest BCUT2D eigenvalue weighted by Gasteiger charge is 2.62. The minimum absolute atomic E-state index is 0.0757. The normalized spacial score (nSPS) is 23.7. The number of fused-ring (bicyclic) bond motifs is 1. The predicted molar refractivity (Wildman–Crippen MR) is 190 cm³/mol. The molecule has 12 nitrogen and oxygen atoms in total. The van der Waals surface area contributed by atoms with Gasteiger partial charge in [0.1, 0.15) is 29.5 Å². The summed E-state index contributed by atoms with van der Waals surface area (Å²) in [6.07, 6.45) is 2.85. The van der Waals surface area contributed by atoms with Crippen molar-refractivity contribution in [3.8, 4) is 11.6 Å². The standard InChI is InChI=1S/C36H40ClF2N5O7S/c1-6-19-16-36(19,34(47)43-52(48,49)22-11-12-22)42-31(45)27-15-21(51-32-24-14-20(37)10-13-23(24)28(50-5)17-40-32)18-44(27)33(46)30(35(2,3)4)41-26-9-7-8-25(38)29(26)39/h6-10,13-14,17,19,21-22,27,30,41H,1,11-12,15-16,18H2,2-5H3,(H,42,45)(H,43,47)/t19-,21-,27+,30-,36-/m1/s1/i2D. The second kappa shape index (κ2) is 13.8. The summed E-state index contributed by atoms with van der Waals surface area (Å²) in [5, 5.41) is 6.33. The fourth-order valence-corrected chi connectivity index (χ4v) is 8.04. The molecule has 5 atom stereocenters. The van der Waals surface area contributed by atoms with Crippen molar-refractivity contribution < 1.29 is 42.4 Å². The molecule has 0 spiro atoms. The van der Waals surface area contributed by atoms with Gasteiger partial charge in [0.2, 0.25) is 27.7 Å². The molecule has 1 aromatic heterocycles. The van der Waals surface area contributed by atoms with Crippen LogP contribution in [0.1, 0.15) is 47.8 Å². The van der Waals surface area contributed by atoms with Crippen molar-refractivity contribution in [2.45, 2.75) is 75.4 Å². The summed E-state index contributed by atoms with van der Waals surface area (Å²) in [6.45, 7) is 6.42. The Kier molecular flexibility index (Phi) is 9.53. The summed E-state index contributed by atoms with van der Waals surface area (Å²) in [5.74, 6) is -4.78. The summed E-state index contributed by atoms with van der Waals surface area (Å²) in [7, 11) is -2.47. The smallest absolute Gasteiger partial charge is 0.259 e. The molecule has 2 saturated carbocycles. The molecule has 3 fully saturated rings. The largest absolute Gasteiger partial charge is 0.494 e. The van der Waals surface area contributed by atoms with Gasteiger partial charge >= 0.3 is 0 Å². The van der Waals surface area contributed by atoms with Gasteiger partial charge in [-0.25, -0.2) is 22.2 Å². The minimum atomic E-state index is -3.95. The van der Waals surface area contributed by atoms with E-state index >= 15 is 0 Å². The zero-order valence-electron chi connectivity index (χ0n) is 29.7. The molecule has 0 unspecified atom stereocenters. The first-order valence-electron chi connectivity index (χ1n) is 17.4. The van der Waals surface area contributed by atoms with Gasteiger partial charge in [-0.3, -0.25) is 19.1 Å². The first-order chi connectivity index (χ1) is 25.0. The van der Waals surface area contributed by atoms with Crippen molar-refractivity contribution in [2.24, 2.45) is 11.3 Å². The van der Waals surface area contributed by atoms with Crippen LogP contribution in [0.4, 0.5) is 14.5 Å². The van der Waals surface area contributed by atoms with Crippen LogP contribution < -0.4 is 24.8 Å². The number of pyridine rings is 1. The molecule has 0 radical (unpaired) electrons. The van der Waals surface area contributed by atoms with Crippen molar-refractivity contribution in [1.82, 2.24) is 19.9 Å². The van der Waals surface area contributed by atoms with E-state index in [2.05, 4.69) is 26.9 Å². The fourth-order valence-electron chi connectivity index (χ4n) is 6.50. The van der Waals surface area contributed by atoms with E-state index in [9.17, 15) is 31.6 Å². The Hall–Kier alpha value is -4.50. The van der Waals surface area contributed by atoms with E-state index in [0.29, 0.717) is 34.4 Å². The molecular formula is C36H40ClF2N5O7S. The number of ether oxygens (including phenoxy) is 2. The molecule has 3 amide bonds. The fraction of sp³-hybridized carbons (Fsp3) is 0.444. The number of rotatable bonds is 12. The quantitative estimate of drug-likeness (QED) is 0.223. The van der Waals surface area contributed by atoms with E-state index in [1.54, 1.807) is 32.0 Å². The summed E-state index contributed by atoms with van der Waals surface area (Å²) in [5.41, 5.74) is -3.13. The van der Waals surface area contributed by atoms with Crippen LogP contribution in [0.15, 0.2) is 55.3 Å². The third kappa shape index (κ3) is 7.25. The lowest BCUT2D eigenvalue weighted by Crippen LogP contribution is -2.58. The third-order valence-corrected chi connectivity index (χ3v) is 11.7. The highest BCUT2D eigenvalue weighted by atomic mass is 35.5. The van der Waals surface area contributed by atoms with E-state index in [1.807, 2.05) is 0 Å². The number of nitrogens with one attached hydrogen (secondary N) is 3. The molecule has 2 heterocycles. The average Bonchev–Trinajstić information content (AvgIpc) is 4.05.